The number of ether oxygens (including phenoxy) is 1. The Bertz CT molecular complexity index is 1110. The van der Waals surface area contributed by atoms with E-state index in [2.05, 4.69) is 31.4 Å². The van der Waals surface area contributed by atoms with Gasteiger partial charge in [0.05, 0.1) is 12.8 Å². The van der Waals surface area contributed by atoms with Crippen molar-refractivity contribution in [3.63, 3.8) is 0 Å². The molecule has 172 valence electrons. The Morgan fingerprint density at radius 3 is 2.42 bits per heavy atom. The number of carbonyl (C=O) groups excluding carboxylic acids is 2. The van der Waals surface area contributed by atoms with Crippen molar-refractivity contribution in [2.45, 2.75) is 33.1 Å². The SMILES string of the molecule is Cc1cccc(C(=O)N/C(=C\c2ccco2)C(=O)NCCOc2ccc(C(C)(C)C)cc2)c1. The number of hydrogen-bond donors (Lipinski definition) is 2. The van der Waals surface area contributed by atoms with E-state index in [0.29, 0.717) is 17.9 Å². The molecule has 1 aromatic heterocycles. The first-order chi connectivity index (χ1) is 15.7. The van der Waals surface area contributed by atoms with E-state index in [9.17, 15) is 9.59 Å². The lowest BCUT2D eigenvalue weighted by atomic mass is 9.87. The standard InChI is InChI=1S/C27H30N2O4/c1-19-7-5-8-20(17-19)25(30)29-24(18-23-9-6-15-32-23)26(31)28-14-16-33-22-12-10-21(11-13-22)27(2,3)4/h5-13,15,17-18H,14,16H2,1-4H3,(H,28,31)(H,29,30)/b24-18-. The van der Waals surface area contributed by atoms with Crippen LogP contribution >= 0.6 is 0 Å². The van der Waals surface area contributed by atoms with Crippen molar-refractivity contribution in [2.24, 2.45) is 0 Å². The van der Waals surface area contributed by atoms with Gasteiger partial charge in [0.1, 0.15) is 23.8 Å². The topological polar surface area (TPSA) is 80.6 Å². The number of amides is 2. The van der Waals surface area contributed by atoms with E-state index in [4.69, 9.17) is 9.15 Å². The Hall–Kier alpha value is -3.80. The molecule has 0 saturated carbocycles. The summed E-state index contributed by atoms with van der Waals surface area (Å²) in [4.78, 5) is 25.4. The molecule has 33 heavy (non-hydrogen) atoms. The Morgan fingerprint density at radius 1 is 1.03 bits per heavy atom. The highest BCUT2D eigenvalue weighted by Crippen LogP contribution is 2.24. The van der Waals surface area contributed by atoms with Crippen LogP contribution in [0.3, 0.4) is 0 Å². The van der Waals surface area contributed by atoms with Crippen molar-refractivity contribution in [2.75, 3.05) is 13.2 Å². The fourth-order valence-corrected chi connectivity index (χ4v) is 3.13. The van der Waals surface area contributed by atoms with Gasteiger partial charge >= 0.3 is 0 Å². The molecule has 3 rings (SSSR count). The molecule has 0 bridgehead atoms. The predicted molar refractivity (Wildman–Crippen MR) is 129 cm³/mol. The molecule has 0 saturated heterocycles. The number of hydrogen-bond acceptors (Lipinski definition) is 4. The number of furan rings is 1. The summed E-state index contributed by atoms with van der Waals surface area (Å²) >= 11 is 0. The summed E-state index contributed by atoms with van der Waals surface area (Å²) in [6, 6.07) is 18.5. The molecule has 0 aliphatic carbocycles. The van der Waals surface area contributed by atoms with Crippen LogP contribution in [-0.2, 0) is 10.2 Å². The molecular formula is C27H30N2O4. The lowest BCUT2D eigenvalue weighted by Crippen LogP contribution is -2.36. The van der Waals surface area contributed by atoms with Gasteiger partial charge in [-0.2, -0.15) is 0 Å². The number of aryl methyl sites for hydroxylation is 1. The molecule has 0 fully saturated rings. The number of rotatable bonds is 8. The molecule has 6 nitrogen and oxygen atoms in total. The zero-order valence-corrected chi connectivity index (χ0v) is 19.5. The Kier molecular flexibility index (Phi) is 7.72. The number of carbonyl (C=O) groups is 2. The van der Waals surface area contributed by atoms with Crippen LogP contribution in [0.15, 0.2) is 77.0 Å². The maximum absolute atomic E-state index is 12.8. The minimum Gasteiger partial charge on any atom is -0.492 e. The van der Waals surface area contributed by atoms with Crippen LogP contribution in [0.25, 0.3) is 6.08 Å². The second kappa shape index (κ2) is 10.7. The van der Waals surface area contributed by atoms with Gasteiger partial charge in [-0.1, -0.05) is 50.6 Å². The summed E-state index contributed by atoms with van der Waals surface area (Å²) in [7, 11) is 0. The number of nitrogens with one attached hydrogen (secondary N) is 2. The molecule has 3 aromatic rings. The molecule has 2 N–H and O–H groups in total. The first kappa shape index (κ1) is 23.9. The molecule has 0 unspecified atom stereocenters. The van der Waals surface area contributed by atoms with Gasteiger partial charge in [-0.3, -0.25) is 9.59 Å². The average molecular weight is 447 g/mol. The van der Waals surface area contributed by atoms with E-state index in [0.717, 1.165) is 11.3 Å². The highest BCUT2D eigenvalue weighted by Gasteiger charge is 2.16. The van der Waals surface area contributed by atoms with Gasteiger partial charge in [0.2, 0.25) is 0 Å². The zero-order valence-electron chi connectivity index (χ0n) is 19.5. The molecule has 2 amide bonds. The predicted octanol–water partition coefficient (Wildman–Crippen LogP) is 4.85. The smallest absolute Gasteiger partial charge is 0.268 e. The second-order valence-corrected chi connectivity index (χ2v) is 8.78. The van der Waals surface area contributed by atoms with Crippen LogP contribution in [-0.4, -0.2) is 25.0 Å². The lowest BCUT2D eigenvalue weighted by molar-refractivity contribution is -0.117. The van der Waals surface area contributed by atoms with Crippen LogP contribution < -0.4 is 15.4 Å². The van der Waals surface area contributed by atoms with Crippen LogP contribution in [0.4, 0.5) is 0 Å². The van der Waals surface area contributed by atoms with Crippen molar-refractivity contribution >= 4 is 17.9 Å². The fourth-order valence-electron chi connectivity index (χ4n) is 3.13. The molecule has 6 heteroatoms. The molecule has 0 radical (unpaired) electrons. The first-order valence-corrected chi connectivity index (χ1v) is 10.9. The first-order valence-electron chi connectivity index (χ1n) is 10.9. The summed E-state index contributed by atoms with van der Waals surface area (Å²) in [6.45, 7) is 8.94. The summed E-state index contributed by atoms with van der Waals surface area (Å²) in [5, 5.41) is 5.47. The Balaban J connectivity index is 1.59. The van der Waals surface area contributed by atoms with Crippen molar-refractivity contribution in [3.05, 3.63) is 95.1 Å². The van der Waals surface area contributed by atoms with Gasteiger partial charge < -0.3 is 19.8 Å². The van der Waals surface area contributed by atoms with Crippen molar-refractivity contribution in [1.29, 1.82) is 0 Å². The summed E-state index contributed by atoms with van der Waals surface area (Å²) in [6.07, 6.45) is 3.00. The highest BCUT2D eigenvalue weighted by molar-refractivity contribution is 6.05. The molecule has 0 spiro atoms. The maximum atomic E-state index is 12.8. The van der Waals surface area contributed by atoms with Gasteiger partial charge in [0, 0.05) is 11.6 Å². The normalized spacial score (nSPS) is 11.7. The Labute approximate surface area is 194 Å². The Morgan fingerprint density at radius 2 is 1.79 bits per heavy atom. The third-order valence-electron chi connectivity index (χ3n) is 4.98. The average Bonchev–Trinajstić information content (AvgIpc) is 3.29. The molecular weight excluding hydrogens is 416 g/mol. The summed E-state index contributed by atoms with van der Waals surface area (Å²) in [5.41, 5.74) is 2.81. The summed E-state index contributed by atoms with van der Waals surface area (Å²) in [5.74, 6) is 0.386. The van der Waals surface area contributed by atoms with Crippen LogP contribution in [0.1, 0.15) is 48.0 Å². The van der Waals surface area contributed by atoms with E-state index >= 15 is 0 Å². The minimum atomic E-state index is -0.431. The third kappa shape index (κ3) is 7.10. The summed E-state index contributed by atoms with van der Waals surface area (Å²) < 4.78 is 11.0. The van der Waals surface area contributed by atoms with Crippen LogP contribution in [0.5, 0.6) is 5.75 Å². The molecule has 0 aliphatic heterocycles. The third-order valence-corrected chi connectivity index (χ3v) is 4.98. The van der Waals surface area contributed by atoms with Crippen LogP contribution in [0, 0.1) is 6.92 Å². The van der Waals surface area contributed by atoms with Crippen LogP contribution in [0.2, 0.25) is 0 Å². The lowest BCUT2D eigenvalue weighted by Gasteiger charge is -2.19. The van der Waals surface area contributed by atoms with Gasteiger partial charge in [-0.05, 0) is 54.3 Å². The highest BCUT2D eigenvalue weighted by atomic mass is 16.5. The quantitative estimate of drug-likeness (QED) is 0.383. The van der Waals surface area contributed by atoms with E-state index < -0.39 is 5.91 Å². The van der Waals surface area contributed by atoms with Crippen molar-refractivity contribution < 1.29 is 18.7 Å². The van der Waals surface area contributed by atoms with Crippen molar-refractivity contribution in [3.8, 4) is 5.75 Å². The van der Waals surface area contributed by atoms with Gasteiger partial charge in [-0.25, -0.2) is 0 Å². The molecule has 1 heterocycles. The molecule has 0 atom stereocenters. The zero-order chi connectivity index (χ0) is 23.8. The van der Waals surface area contributed by atoms with Gasteiger partial charge in [0.15, 0.2) is 0 Å². The fraction of sp³-hybridized carbons (Fsp3) is 0.259. The second-order valence-electron chi connectivity index (χ2n) is 8.78. The van der Waals surface area contributed by atoms with E-state index in [1.54, 1.807) is 30.3 Å². The molecule has 0 aliphatic rings. The number of benzene rings is 2. The van der Waals surface area contributed by atoms with E-state index in [1.807, 2.05) is 37.3 Å². The minimum absolute atomic E-state index is 0.0755. The largest absolute Gasteiger partial charge is 0.492 e. The van der Waals surface area contributed by atoms with Gasteiger partial charge in [-0.15, -0.1) is 0 Å². The molecule has 2 aromatic carbocycles. The maximum Gasteiger partial charge on any atom is 0.268 e. The van der Waals surface area contributed by atoms with Crippen molar-refractivity contribution in [1.82, 2.24) is 10.6 Å². The van der Waals surface area contributed by atoms with E-state index in [-0.39, 0.29) is 23.6 Å². The van der Waals surface area contributed by atoms with E-state index in [1.165, 1.54) is 17.9 Å². The van der Waals surface area contributed by atoms with Gasteiger partial charge in [0.25, 0.3) is 11.8 Å². The monoisotopic (exact) mass is 446 g/mol.